The van der Waals surface area contributed by atoms with Gasteiger partial charge in [-0.15, -0.1) is 0 Å². The summed E-state index contributed by atoms with van der Waals surface area (Å²) < 4.78 is 5.55. The molecule has 0 spiro atoms. The third-order valence-electron chi connectivity index (χ3n) is 4.12. The van der Waals surface area contributed by atoms with Crippen molar-refractivity contribution in [2.45, 2.75) is 25.8 Å². The van der Waals surface area contributed by atoms with E-state index in [4.69, 9.17) is 4.42 Å². The lowest BCUT2D eigenvalue weighted by atomic mass is 10.0. The van der Waals surface area contributed by atoms with Gasteiger partial charge in [-0.05, 0) is 45.0 Å². The van der Waals surface area contributed by atoms with Gasteiger partial charge in [0.05, 0.1) is 12.3 Å². The van der Waals surface area contributed by atoms with E-state index in [9.17, 15) is 0 Å². The molecule has 0 radical (unpaired) electrons. The molecule has 0 aliphatic carbocycles. The first kappa shape index (κ1) is 15.9. The van der Waals surface area contributed by atoms with Gasteiger partial charge in [0.25, 0.3) is 0 Å². The number of nitrogens with zero attached hydrogens (tertiary/aromatic N) is 3. The van der Waals surface area contributed by atoms with Gasteiger partial charge >= 0.3 is 0 Å². The van der Waals surface area contributed by atoms with E-state index in [1.54, 1.807) is 6.26 Å². The third-order valence-corrected chi connectivity index (χ3v) is 4.12. The number of furan rings is 1. The van der Waals surface area contributed by atoms with Gasteiger partial charge in [0.15, 0.2) is 5.96 Å². The Hall–Kier alpha value is -1.49. The van der Waals surface area contributed by atoms with E-state index >= 15 is 0 Å². The Kier molecular flexibility index (Phi) is 5.67. The number of guanidine groups is 1. The summed E-state index contributed by atoms with van der Waals surface area (Å²) in [5.74, 6) is 2.72. The fourth-order valence-electron chi connectivity index (χ4n) is 2.92. The van der Waals surface area contributed by atoms with Crippen molar-refractivity contribution in [1.82, 2.24) is 15.1 Å². The molecule has 118 valence electrons. The van der Waals surface area contributed by atoms with Crippen LogP contribution in [-0.4, -0.2) is 56.5 Å². The molecular weight excluding hydrogens is 264 g/mol. The SMILES string of the molecule is CN=C(NCC(c1ccco1)N(C)C)N1CCCC(C)C1. The molecule has 2 rings (SSSR count). The lowest BCUT2D eigenvalue weighted by Crippen LogP contribution is -2.48. The summed E-state index contributed by atoms with van der Waals surface area (Å²) in [6.07, 6.45) is 4.30. The van der Waals surface area contributed by atoms with Gasteiger partial charge in [-0.1, -0.05) is 6.92 Å². The highest BCUT2D eigenvalue weighted by molar-refractivity contribution is 5.80. The number of nitrogens with one attached hydrogen (secondary N) is 1. The molecular formula is C16H28N4O. The topological polar surface area (TPSA) is 44.0 Å². The summed E-state index contributed by atoms with van der Waals surface area (Å²) in [7, 11) is 6.00. The van der Waals surface area contributed by atoms with Crippen LogP contribution in [0.25, 0.3) is 0 Å². The molecule has 2 heterocycles. The van der Waals surface area contributed by atoms with Crippen molar-refractivity contribution in [3.8, 4) is 0 Å². The Bertz CT molecular complexity index is 441. The molecule has 2 atom stereocenters. The molecule has 1 aliphatic heterocycles. The van der Waals surface area contributed by atoms with Crippen molar-refractivity contribution in [1.29, 1.82) is 0 Å². The Morgan fingerprint density at radius 3 is 2.95 bits per heavy atom. The molecule has 21 heavy (non-hydrogen) atoms. The average Bonchev–Trinajstić information content (AvgIpc) is 2.97. The van der Waals surface area contributed by atoms with E-state index in [1.807, 2.05) is 19.2 Å². The molecule has 2 unspecified atom stereocenters. The monoisotopic (exact) mass is 292 g/mol. The number of rotatable bonds is 4. The minimum atomic E-state index is 0.207. The summed E-state index contributed by atoms with van der Waals surface area (Å²) in [4.78, 5) is 8.97. The van der Waals surface area contributed by atoms with Crippen LogP contribution in [0.15, 0.2) is 27.8 Å². The minimum absolute atomic E-state index is 0.207. The van der Waals surface area contributed by atoms with Crippen molar-refractivity contribution in [2.75, 3.05) is 40.8 Å². The van der Waals surface area contributed by atoms with E-state index in [0.29, 0.717) is 0 Å². The zero-order chi connectivity index (χ0) is 15.2. The van der Waals surface area contributed by atoms with Gasteiger partial charge in [0.1, 0.15) is 5.76 Å². The molecule has 1 saturated heterocycles. The molecule has 1 fully saturated rings. The van der Waals surface area contributed by atoms with Crippen LogP contribution in [-0.2, 0) is 0 Å². The van der Waals surface area contributed by atoms with E-state index < -0.39 is 0 Å². The van der Waals surface area contributed by atoms with E-state index in [2.05, 4.69) is 41.1 Å². The Morgan fingerprint density at radius 1 is 1.57 bits per heavy atom. The van der Waals surface area contributed by atoms with Crippen LogP contribution in [0.5, 0.6) is 0 Å². The second-order valence-electron chi connectivity index (χ2n) is 6.12. The first-order valence-electron chi connectivity index (χ1n) is 7.77. The second-order valence-corrected chi connectivity index (χ2v) is 6.12. The maximum atomic E-state index is 5.55. The van der Waals surface area contributed by atoms with Crippen molar-refractivity contribution < 1.29 is 4.42 Å². The van der Waals surface area contributed by atoms with Crippen LogP contribution in [0.1, 0.15) is 31.6 Å². The number of likely N-dealkylation sites (tertiary alicyclic amines) is 1. The lowest BCUT2D eigenvalue weighted by Gasteiger charge is -2.34. The molecule has 0 saturated carbocycles. The normalized spacial score (nSPS) is 21.7. The van der Waals surface area contributed by atoms with Crippen molar-refractivity contribution in [3.05, 3.63) is 24.2 Å². The van der Waals surface area contributed by atoms with Gasteiger partial charge in [-0.3, -0.25) is 9.89 Å². The van der Waals surface area contributed by atoms with Gasteiger partial charge in [-0.25, -0.2) is 0 Å². The molecule has 1 aromatic rings. The van der Waals surface area contributed by atoms with Gasteiger partial charge < -0.3 is 14.6 Å². The number of likely N-dealkylation sites (N-methyl/N-ethyl adjacent to an activating group) is 1. The zero-order valence-electron chi connectivity index (χ0n) is 13.7. The van der Waals surface area contributed by atoms with E-state index in [1.165, 1.54) is 12.8 Å². The molecule has 1 aliphatic rings. The summed E-state index contributed by atoms with van der Waals surface area (Å²) in [5.41, 5.74) is 0. The smallest absolute Gasteiger partial charge is 0.193 e. The number of hydrogen-bond donors (Lipinski definition) is 1. The van der Waals surface area contributed by atoms with Crippen LogP contribution in [0, 0.1) is 5.92 Å². The zero-order valence-corrected chi connectivity index (χ0v) is 13.7. The lowest BCUT2D eigenvalue weighted by molar-refractivity contribution is 0.244. The van der Waals surface area contributed by atoms with Gasteiger partial charge in [0, 0.05) is 26.7 Å². The number of hydrogen-bond acceptors (Lipinski definition) is 3. The number of aliphatic imine (C=N–C) groups is 1. The first-order valence-corrected chi connectivity index (χ1v) is 7.77. The van der Waals surface area contributed by atoms with Gasteiger partial charge in [0.2, 0.25) is 0 Å². The summed E-state index contributed by atoms with van der Waals surface area (Å²) in [5, 5.41) is 3.50. The predicted molar refractivity (Wildman–Crippen MR) is 86.5 cm³/mol. The van der Waals surface area contributed by atoms with Crippen molar-refractivity contribution in [3.63, 3.8) is 0 Å². The van der Waals surface area contributed by atoms with Crippen LogP contribution < -0.4 is 5.32 Å². The van der Waals surface area contributed by atoms with Crippen LogP contribution in [0.4, 0.5) is 0 Å². The van der Waals surface area contributed by atoms with Crippen LogP contribution in [0.2, 0.25) is 0 Å². The standard InChI is InChI=1S/C16H28N4O/c1-13-7-5-9-20(12-13)16(17-2)18-11-14(19(3)4)15-8-6-10-21-15/h6,8,10,13-14H,5,7,9,11-12H2,1-4H3,(H,17,18). The average molecular weight is 292 g/mol. The Morgan fingerprint density at radius 2 is 2.38 bits per heavy atom. The molecule has 5 nitrogen and oxygen atoms in total. The highest BCUT2D eigenvalue weighted by atomic mass is 16.3. The Balaban J connectivity index is 1.95. The largest absolute Gasteiger partial charge is 0.468 e. The number of piperidine rings is 1. The molecule has 0 amide bonds. The summed E-state index contributed by atoms with van der Waals surface area (Å²) in [6.45, 7) is 5.29. The molecule has 1 aromatic heterocycles. The predicted octanol–water partition coefficient (Wildman–Crippen LogP) is 2.19. The highest BCUT2D eigenvalue weighted by Crippen LogP contribution is 2.19. The molecule has 0 bridgehead atoms. The minimum Gasteiger partial charge on any atom is -0.468 e. The quantitative estimate of drug-likeness (QED) is 0.682. The van der Waals surface area contributed by atoms with E-state index in [0.717, 1.165) is 37.3 Å². The fraction of sp³-hybridized carbons (Fsp3) is 0.688. The maximum Gasteiger partial charge on any atom is 0.193 e. The molecule has 5 heteroatoms. The summed E-state index contributed by atoms with van der Waals surface area (Å²) in [6, 6.07) is 4.17. The van der Waals surface area contributed by atoms with Crippen LogP contribution in [0.3, 0.4) is 0 Å². The third kappa shape index (κ3) is 4.24. The second kappa shape index (κ2) is 7.50. The van der Waals surface area contributed by atoms with E-state index in [-0.39, 0.29) is 6.04 Å². The maximum absolute atomic E-state index is 5.55. The molecule has 0 aromatic carbocycles. The fourth-order valence-corrected chi connectivity index (χ4v) is 2.92. The Labute approximate surface area is 128 Å². The van der Waals surface area contributed by atoms with Gasteiger partial charge in [-0.2, -0.15) is 0 Å². The first-order chi connectivity index (χ1) is 10.1. The van der Waals surface area contributed by atoms with Crippen molar-refractivity contribution >= 4 is 5.96 Å². The van der Waals surface area contributed by atoms with Crippen molar-refractivity contribution in [2.24, 2.45) is 10.9 Å². The van der Waals surface area contributed by atoms with Crippen LogP contribution >= 0.6 is 0 Å². The molecule has 1 N–H and O–H groups in total. The highest BCUT2D eigenvalue weighted by Gasteiger charge is 2.22. The summed E-state index contributed by atoms with van der Waals surface area (Å²) >= 11 is 0.